The summed E-state index contributed by atoms with van der Waals surface area (Å²) < 4.78 is 0. The molecule has 0 saturated carbocycles. The molecule has 3 nitrogen and oxygen atoms in total. The van der Waals surface area contributed by atoms with Crippen molar-refractivity contribution in [2.45, 2.75) is 13.5 Å². The summed E-state index contributed by atoms with van der Waals surface area (Å²) in [6, 6.07) is 8.24. The molecule has 0 fully saturated rings. The highest BCUT2D eigenvalue weighted by molar-refractivity contribution is 6.07. The van der Waals surface area contributed by atoms with E-state index in [4.69, 9.17) is 5.11 Å². The molecule has 0 radical (unpaired) electrons. The fourth-order valence-electron chi connectivity index (χ4n) is 2.04. The maximum Gasteiger partial charge on any atom is 0.0853 e. The lowest BCUT2D eigenvalue weighted by molar-refractivity contribution is 0.277. The average Bonchev–Trinajstić information content (AvgIpc) is 2.66. The normalized spacial score (nSPS) is 11.4. The number of aryl methyl sites for hydroxylation is 1. The molecule has 0 saturated heterocycles. The molecule has 2 heterocycles. The second-order valence-electron chi connectivity index (χ2n) is 4.05. The van der Waals surface area contributed by atoms with E-state index in [0.29, 0.717) is 5.69 Å². The van der Waals surface area contributed by atoms with Crippen LogP contribution < -0.4 is 0 Å². The van der Waals surface area contributed by atoms with Crippen molar-refractivity contribution < 1.29 is 5.11 Å². The minimum Gasteiger partial charge on any atom is -0.390 e. The van der Waals surface area contributed by atoms with E-state index in [1.165, 1.54) is 10.9 Å². The molecule has 16 heavy (non-hydrogen) atoms. The van der Waals surface area contributed by atoms with E-state index in [0.717, 1.165) is 16.4 Å². The van der Waals surface area contributed by atoms with E-state index >= 15 is 0 Å². The third-order valence-electron chi connectivity index (χ3n) is 2.86. The van der Waals surface area contributed by atoms with E-state index < -0.39 is 0 Å². The first-order valence-electron chi connectivity index (χ1n) is 5.26. The lowest BCUT2D eigenvalue weighted by Crippen LogP contribution is -1.86. The first kappa shape index (κ1) is 9.36. The largest absolute Gasteiger partial charge is 0.390 e. The lowest BCUT2D eigenvalue weighted by Gasteiger charge is -1.96. The second-order valence-corrected chi connectivity index (χ2v) is 4.05. The zero-order chi connectivity index (χ0) is 11.1. The number of rotatable bonds is 1. The van der Waals surface area contributed by atoms with Crippen LogP contribution in [0, 0.1) is 6.92 Å². The van der Waals surface area contributed by atoms with Gasteiger partial charge in [0.15, 0.2) is 0 Å². The number of aromatic amines is 1. The van der Waals surface area contributed by atoms with Crippen molar-refractivity contribution in [1.82, 2.24) is 9.97 Å². The molecular formula is C13H12N2O. The van der Waals surface area contributed by atoms with Crippen molar-refractivity contribution in [3.8, 4) is 0 Å². The summed E-state index contributed by atoms with van der Waals surface area (Å²) >= 11 is 0. The van der Waals surface area contributed by atoms with Crippen LogP contribution in [0.3, 0.4) is 0 Å². The van der Waals surface area contributed by atoms with Crippen molar-refractivity contribution in [1.29, 1.82) is 0 Å². The number of aromatic nitrogens is 2. The minimum absolute atomic E-state index is 0.0194. The zero-order valence-corrected chi connectivity index (χ0v) is 8.99. The number of pyridine rings is 1. The lowest BCUT2D eigenvalue weighted by atomic mass is 10.1. The topological polar surface area (TPSA) is 48.9 Å². The van der Waals surface area contributed by atoms with E-state index in [1.807, 2.05) is 6.07 Å². The zero-order valence-electron chi connectivity index (χ0n) is 8.99. The Morgan fingerprint density at radius 1 is 1.19 bits per heavy atom. The van der Waals surface area contributed by atoms with Crippen LogP contribution in [0.4, 0.5) is 0 Å². The monoisotopic (exact) mass is 212 g/mol. The first-order valence-corrected chi connectivity index (χ1v) is 5.26. The molecule has 0 aliphatic carbocycles. The Morgan fingerprint density at radius 2 is 2.00 bits per heavy atom. The summed E-state index contributed by atoms with van der Waals surface area (Å²) in [5.74, 6) is 0. The van der Waals surface area contributed by atoms with Gasteiger partial charge in [0.25, 0.3) is 0 Å². The highest BCUT2D eigenvalue weighted by atomic mass is 16.3. The number of hydrogen-bond donors (Lipinski definition) is 2. The molecular weight excluding hydrogens is 200 g/mol. The van der Waals surface area contributed by atoms with Crippen molar-refractivity contribution in [2.75, 3.05) is 0 Å². The predicted molar refractivity (Wildman–Crippen MR) is 64.3 cm³/mol. The predicted octanol–water partition coefficient (Wildman–Crippen LogP) is 2.52. The van der Waals surface area contributed by atoms with Crippen LogP contribution in [-0.4, -0.2) is 15.1 Å². The van der Waals surface area contributed by atoms with Gasteiger partial charge in [-0.25, -0.2) is 0 Å². The molecule has 1 aromatic carbocycles. The number of nitrogens with zero attached hydrogens (tertiary/aromatic N) is 1. The summed E-state index contributed by atoms with van der Waals surface area (Å²) in [6.45, 7) is 2.06. The summed E-state index contributed by atoms with van der Waals surface area (Å²) in [5, 5.41) is 11.4. The molecule has 0 aliphatic heterocycles. The van der Waals surface area contributed by atoms with Crippen LogP contribution >= 0.6 is 0 Å². The van der Waals surface area contributed by atoms with Crippen LogP contribution in [0.5, 0.6) is 0 Å². The van der Waals surface area contributed by atoms with Gasteiger partial charge < -0.3 is 10.1 Å². The Balaban J connectivity index is 2.44. The van der Waals surface area contributed by atoms with Crippen molar-refractivity contribution in [3.05, 3.63) is 41.7 Å². The van der Waals surface area contributed by atoms with Gasteiger partial charge >= 0.3 is 0 Å². The molecule has 0 atom stereocenters. The van der Waals surface area contributed by atoms with Gasteiger partial charge in [-0.05, 0) is 25.1 Å². The number of hydrogen-bond acceptors (Lipinski definition) is 2. The summed E-state index contributed by atoms with van der Waals surface area (Å²) in [4.78, 5) is 7.47. The fraction of sp³-hybridized carbons (Fsp3) is 0.154. The van der Waals surface area contributed by atoms with Crippen LogP contribution in [0.15, 0.2) is 30.5 Å². The number of aliphatic hydroxyl groups excluding tert-OH is 1. The molecule has 0 unspecified atom stereocenters. The summed E-state index contributed by atoms with van der Waals surface area (Å²) in [6.07, 6.45) is 1.77. The van der Waals surface area contributed by atoms with E-state index in [-0.39, 0.29) is 6.61 Å². The average molecular weight is 212 g/mol. The molecule has 2 aromatic heterocycles. The Hall–Kier alpha value is -1.87. The number of benzene rings is 1. The summed E-state index contributed by atoms with van der Waals surface area (Å²) in [5.41, 5.74) is 4.06. The van der Waals surface area contributed by atoms with Crippen LogP contribution in [0.25, 0.3) is 21.8 Å². The Morgan fingerprint density at radius 3 is 2.81 bits per heavy atom. The Labute approximate surface area is 92.7 Å². The van der Waals surface area contributed by atoms with Crippen molar-refractivity contribution >= 4 is 21.8 Å². The molecule has 0 bridgehead atoms. The fourth-order valence-corrected chi connectivity index (χ4v) is 2.04. The van der Waals surface area contributed by atoms with Gasteiger partial charge in [0.05, 0.1) is 24.0 Å². The summed E-state index contributed by atoms with van der Waals surface area (Å²) in [7, 11) is 0. The van der Waals surface area contributed by atoms with Crippen molar-refractivity contribution in [2.24, 2.45) is 0 Å². The van der Waals surface area contributed by atoms with Gasteiger partial charge in [0.1, 0.15) is 0 Å². The first-order chi connectivity index (χ1) is 7.78. The number of fused-ring (bicyclic) bond motifs is 3. The third-order valence-corrected chi connectivity index (χ3v) is 2.86. The number of aliphatic hydroxyl groups is 1. The molecule has 3 rings (SSSR count). The van der Waals surface area contributed by atoms with Crippen molar-refractivity contribution in [3.63, 3.8) is 0 Å². The standard InChI is InChI=1S/C13H12N2O/c1-8-2-3-12-10(4-8)11-5-9(7-16)14-6-13(11)15-12/h2-6,15-16H,7H2,1H3. The maximum atomic E-state index is 9.09. The van der Waals surface area contributed by atoms with E-state index in [9.17, 15) is 0 Å². The Kier molecular flexibility index (Phi) is 1.94. The third kappa shape index (κ3) is 1.29. The van der Waals surface area contributed by atoms with Gasteiger partial charge in [0.2, 0.25) is 0 Å². The highest BCUT2D eigenvalue weighted by Gasteiger charge is 2.05. The highest BCUT2D eigenvalue weighted by Crippen LogP contribution is 2.26. The van der Waals surface area contributed by atoms with E-state index in [1.54, 1.807) is 6.20 Å². The van der Waals surface area contributed by atoms with Gasteiger partial charge in [-0.3, -0.25) is 4.98 Å². The van der Waals surface area contributed by atoms with E-state index in [2.05, 4.69) is 35.1 Å². The number of nitrogens with one attached hydrogen (secondary N) is 1. The van der Waals surface area contributed by atoms with Crippen LogP contribution in [0.2, 0.25) is 0 Å². The quantitative estimate of drug-likeness (QED) is 0.651. The van der Waals surface area contributed by atoms with Gasteiger partial charge in [-0.1, -0.05) is 11.6 Å². The SMILES string of the molecule is Cc1ccc2[nH]c3cnc(CO)cc3c2c1. The van der Waals surface area contributed by atoms with Crippen LogP contribution in [-0.2, 0) is 6.61 Å². The second kappa shape index (κ2) is 3.32. The van der Waals surface area contributed by atoms with Gasteiger partial charge in [0, 0.05) is 16.3 Å². The molecule has 3 aromatic rings. The smallest absolute Gasteiger partial charge is 0.0853 e. The molecule has 0 spiro atoms. The minimum atomic E-state index is -0.0194. The maximum absolute atomic E-state index is 9.09. The number of H-pyrrole nitrogens is 1. The van der Waals surface area contributed by atoms with Gasteiger partial charge in [-0.2, -0.15) is 0 Å². The molecule has 3 heteroatoms. The van der Waals surface area contributed by atoms with Crippen LogP contribution in [0.1, 0.15) is 11.3 Å². The molecule has 0 amide bonds. The Bertz CT molecular complexity index is 670. The molecule has 80 valence electrons. The molecule has 2 N–H and O–H groups in total. The van der Waals surface area contributed by atoms with Gasteiger partial charge in [-0.15, -0.1) is 0 Å². The molecule has 0 aliphatic rings.